The van der Waals surface area contributed by atoms with E-state index < -0.39 is 0 Å². The Balaban J connectivity index is 1.63. The van der Waals surface area contributed by atoms with Crippen molar-refractivity contribution in [1.82, 2.24) is 9.88 Å². The number of thioether (sulfide) groups is 1. The molecule has 0 unspecified atom stereocenters. The number of hydrogen-bond donors (Lipinski definition) is 1. The summed E-state index contributed by atoms with van der Waals surface area (Å²) in [6, 6.07) is 9.98. The summed E-state index contributed by atoms with van der Waals surface area (Å²) in [4.78, 5) is 35.0. The van der Waals surface area contributed by atoms with Gasteiger partial charge in [-0.05, 0) is 44.0 Å². The Hall–Kier alpha value is -2.42. The summed E-state index contributed by atoms with van der Waals surface area (Å²) in [7, 11) is 0. The molecule has 1 N–H and O–H groups in total. The fourth-order valence-corrected chi connectivity index (χ4v) is 5.71. The number of nitrogens with one attached hydrogen (secondary N) is 1. The van der Waals surface area contributed by atoms with Crippen molar-refractivity contribution < 1.29 is 14.3 Å². The maximum absolute atomic E-state index is 13.3. The van der Waals surface area contributed by atoms with Crippen LogP contribution < -0.4 is 5.32 Å². The third kappa shape index (κ3) is 4.76. The number of benzene rings is 1. The molecule has 0 atom stereocenters. The van der Waals surface area contributed by atoms with Crippen LogP contribution in [0.1, 0.15) is 26.5 Å². The minimum Gasteiger partial charge on any atom is -0.378 e. The summed E-state index contributed by atoms with van der Waals surface area (Å²) in [6.07, 6.45) is 0. The van der Waals surface area contributed by atoms with Crippen molar-refractivity contribution in [1.29, 1.82) is 0 Å². The van der Waals surface area contributed by atoms with Crippen molar-refractivity contribution in [2.75, 3.05) is 37.4 Å². The summed E-state index contributed by atoms with van der Waals surface area (Å²) in [5.74, 6) is 0.0558. The van der Waals surface area contributed by atoms with Crippen molar-refractivity contribution in [3.63, 3.8) is 0 Å². The van der Waals surface area contributed by atoms with Crippen LogP contribution in [0.25, 0.3) is 10.2 Å². The molecule has 1 fully saturated rings. The molecule has 0 radical (unpaired) electrons. The number of fused-ring (bicyclic) bond motifs is 1. The smallest absolute Gasteiger partial charge is 0.266 e. The predicted octanol–water partition coefficient (Wildman–Crippen LogP) is 4.42. The van der Waals surface area contributed by atoms with Gasteiger partial charge in [-0.3, -0.25) is 9.59 Å². The number of pyridine rings is 1. The third-order valence-corrected chi connectivity index (χ3v) is 7.44. The number of anilines is 1. The Morgan fingerprint density at radius 3 is 2.65 bits per heavy atom. The number of carbonyl (C=O) groups is 2. The minimum absolute atomic E-state index is 0.0785. The predicted molar refractivity (Wildman–Crippen MR) is 126 cm³/mol. The number of morpholine rings is 1. The van der Waals surface area contributed by atoms with Crippen LogP contribution >= 0.6 is 23.1 Å². The van der Waals surface area contributed by atoms with Crippen LogP contribution in [0.5, 0.6) is 0 Å². The zero-order valence-corrected chi connectivity index (χ0v) is 19.5. The Kier molecular flexibility index (Phi) is 6.60. The number of aryl methyl sites for hydroxylation is 3. The third-order valence-electron chi connectivity index (χ3n) is 5.20. The second kappa shape index (κ2) is 9.38. The first-order valence-electron chi connectivity index (χ1n) is 10.2. The lowest BCUT2D eigenvalue weighted by Crippen LogP contribution is -2.40. The summed E-state index contributed by atoms with van der Waals surface area (Å²) < 4.78 is 5.38. The van der Waals surface area contributed by atoms with Gasteiger partial charge >= 0.3 is 0 Å². The van der Waals surface area contributed by atoms with Gasteiger partial charge in [0, 0.05) is 29.1 Å². The van der Waals surface area contributed by atoms with Crippen molar-refractivity contribution in [2.45, 2.75) is 25.7 Å². The molecule has 1 saturated heterocycles. The lowest BCUT2D eigenvalue weighted by Gasteiger charge is -2.26. The Bertz CT molecular complexity index is 1140. The molecule has 1 aliphatic heterocycles. The Morgan fingerprint density at radius 2 is 1.90 bits per heavy atom. The van der Waals surface area contributed by atoms with Gasteiger partial charge < -0.3 is 15.0 Å². The first-order valence-corrected chi connectivity index (χ1v) is 12.0. The molecule has 6 nitrogen and oxygen atoms in total. The molecule has 2 amide bonds. The quantitative estimate of drug-likeness (QED) is 0.577. The van der Waals surface area contributed by atoms with Gasteiger partial charge in [0.05, 0.1) is 24.7 Å². The van der Waals surface area contributed by atoms with Crippen LogP contribution in [0, 0.1) is 20.8 Å². The highest BCUT2D eigenvalue weighted by molar-refractivity contribution is 8.00. The van der Waals surface area contributed by atoms with Gasteiger partial charge in [-0.15, -0.1) is 23.1 Å². The number of ether oxygens (including phenoxy) is 1. The highest BCUT2D eigenvalue weighted by atomic mass is 32.2. The Labute approximate surface area is 190 Å². The van der Waals surface area contributed by atoms with E-state index in [-0.39, 0.29) is 17.6 Å². The van der Waals surface area contributed by atoms with E-state index in [4.69, 9.17) is 4.74 Å². The number of rotatable bonds is 5. The molecule has 3 aromatic rings. The maximum atomic E-state index is 13.3. The fraction of sp³-hybridized carbons (Fsp3) is 0.348. The number of nitrogens with zero attached hydrogens (tertiary/aromatic N) is 2. The molecule has 162 valence electrons. The normalized spacial score (nSPS) is 14.1. The van der Waals surface area contributed by atoms with Crippen LogP contribution in [0.2, 0.25) is 0 Å². The second-order valence-corrected chi connectivity index (χ2v) is 9.59. The first kappa shape index (κ1) is 21.8. The number of aromatic nitrogens is 1. The molecule has 0 saturated carbocycles. The van der Waals surface area contributed by atoms with Gasteiger partial charge in [0.15, 0.2) is 0 Å². The zero-order valence-electron chi connectivity index (χ0n) is 17.9. The number of carbonyl (C=O) groups excluding carboxylic acids is 2. The van der Waals surface area contributed by atoms with E-state index >= 15 is 0 Å². The second-order valence-electron chi connectivity index (χ2n) is 7.57. The van der Waals surface area contributed by atoms with Gasteiger partial charge in [-0.25, -0.2) is 4.98 Å². The fourth-order valence-electron chi connectivity index (χ4n) is 3.66. The van der Waals surface area contributed by atoms with E-state index in [9.17, 15) is 9.59 Å². The van der Waals surface area contributed by atoms with Crippen LogP contribution in [-0.4, -0.2) is 53.8 Å². The average molecular weight is 456 g/mol. The van der Waals surface area contributed by atoms with Crippen molar-refractivity contribution >= 4 is 50.8 Å². The van der Waals surface area contributed by atoms with E-state index in [1.807, 2.05) is 51.1 Å². The Morgan fingerprint density at radius 1 is 1.16 bits per heavy atom. The van der Waals surface area contributed by atoms with Crippen LogP contribution in [0.15, 0.2) is 35.2 Å². The summed E-state index contributed by atoms with van der Waals surface area (Å²) in [5, 5.41) is 3.88. The average Bonchev–Trinajstić information content (AvgIpc) is 3.11. The van der Waals surface area contributed by atoms with Gasteiger partial charge in [-0.1, -0.05) is 18.2 Å². The van der Waals surface area contributed by atoms with Crippen LogP contribution in [-0.2, 0) is 9.53 Å². The molecule has 8 heteroatoms. The summed E-state index contributed by atoms with van der Waals surface area (Å²) in [6.45, 7) is 8.12. The van der Waals surface area contributed by atoms with Gasteiger partial charge in [0.25, 0.3) is 5.91 Å². The SMILES string of the molecule is Cc1cc(C)c2c(NC(=O)CSc3ccccc3C)c(C(=O)N3CCOCC3)sc2n1. The number of hydrogen-bond acceptors (Lipinski definition) is 6. The molecule has 1 aromatic carbocycles. The van der Waals surface area contributed by atoms with Gasteiger partial charge in [0.1, 0.15) is 9.71 Å². The van der Waals surface area contributed by atoms with Crippen molar-refractivity contribution in [3.05, 3.63) is 52.0 Å². The van der Waals surface area contributed by atoms with E-state index in [1.165, 1.54) is 23.1 Å². The van der Waals surface area contributed by atoms with E-state index in [0.29, 0.717) is 36.9 Å². The maximum Gasteiger partial charge on any atom is 0.266 e. The molecular formula is C23H25N3O3S2. The molecule has 1 aliphatic rings. The molecule has 3 heterocycles. The van der Waals surface area contributed by atoms with E-state index in [2.05, 4.69) is 10.3 Å². The van der Waals surface area contributed by atoms with Crippen molar-refractivity contribution in [2.24, 2.45) is 0 Å². The summed E-state index contributed by atoms with van der Waals surface area (Å²) in [5.41, 5.74) is 3.61. The lowest BCUT2D eigenvalue weighted by atomic mass is 10.1. The number of amides is 2. The van der Waals surface area contributed by atoms with Crippen LogP contribution in [0.4, 0.5) is 5.69 Å². The van der Waals surface area contributed by atoms with Gasteiger partial charge in [0.2, 0.25) is 5.91 Å². The first-order chi connectivity index (χ1) is 14.9. The summed E-state index contributed by atoms with van der Waals surface area (Å²) >= 11 is 2.84. The van der Waals surface area contributed by atoms with Crippen LogP contribution in [0.3, 0.4) is 0 Å². The lowest BCUT2D eigenvalue weighted by molar-refractivity contribution is -0.113. The van der Waals surface area contributed by atoms with E-state index in [0.717, 1.165) is 31.9 Å². The number of thiophene rings is 1. The standard InChI is InChI=1S/C23H25N3O3S2/c1-14-6-4-5-7-17(14)30-13-18(27)25-20-19-15(2)12-16(3)24-22(19)31-21(20)23(28)26-8-10-29-11-9-26/h4-7,12H,8-11,13H2,1-3H3,(H,25,27). The molecule has 4 rings (SSSR count). The van der Waals surface area contributed by atoms with E-state index in [1.54, 1.807) is 4.90 Å². The molecule has 0 aliphatic carbocycles. The molecule has 31 heavy (non-hydrogen) atoms. The molecule has 0 spiro atoms. The molecule has 0 bridgehead atoms. The largest absolute Gasteiger partial charge is 0.378 e. The highest BCUT2D eigenvalue weighted by Crippen LogP contribution is 2.38. The topological polar surface area (TPSA) is 71.5 Å². The highest BCUT2D eigenvalue weighted by Gasteiger charge is 2.27. The van der Waals surface area contributed by atoms with Crippen molar-refractivity contribution in [3.8, 4) is 0 Å². The molecular weight excluding hydrogens is 430 g/mol. The monoisotopic (exact) mass is 455 g/mol. The van der Waals surface area contributed by atoms with Gasteiger partial charge in [-0.2, -0.15) is 0 Å². The minimum atomic E-state index is -0.135. The zero-order chi connectivity index (χ0) is 22.0. The molecule has 2 aromatic heterocycles.